The van der Waals surface area contributed by atoms with Crippen LogP contribution >= 0.6 is 0 Å². The van der Waals surface area contributed by atoms with Crippen LogP contribution in [0.15, 0.2) is 6.07 Å². The second-order valence-electron chi connectivity index (χ2n) is 3.85. The van der Waals surface area contributed by atoms with Gasteiger partial charge in [0.15, 0.2) is 0 Å². The molecule has 2 rings (SSSR count). The Balaban J connectivity index is 2.20. The van der Waals surface area contributed by atoms with Gasteiger partial charge in [0, 0.05) is 24.8 Å². The molecule has 1 fully saturated rings. The number of nitrogens with zero attached hydrogens (tertiary/aromatic N) is 3. The lowest BCUT2D eigenvalue weighted by Crippen LogP contribution is -2.41. The molecule has 1 atom stereocenters. The van der Waals surface area contributed by atoms with Crippen molar-refractivity contribution >= 4 is 11.8 Å². The summed E-state index contributed by atoms with van der Waals surface area (Å²) in [5, 5.41) is 0. The summed E-state index contributed by atoms with van der Waals surface area (Å²) in [6.07, 6.45) is 0.246. The predicted octanol–water partition coefficient (Wildman–Crippen LogP) is 0.592. The Labute approximate surface area is 89.3 Å². The zero-order valence-electron chi connectivity index (χ0n) is 9.10. The highest BCUT2D eigenvalue weighted by Gasteiger charge is 2.18. The zero-order valence-corrected chi connectivity index (χ0v) is 9.10. The van der Waals surface area contributed by atoms with Crippen LogP contribution < -0.4 is 10.6 Å². The van der Waals surface area contributed by atoms with Crippen molar-refractivity contribution < 1.29 is 4.74 Å². The van der Waals surface area contributed by atoms with Gasteiger partial charge >= 0.3 is 0 Å². The van der Waals surface area contributed by atoms with Crippen LogP contribution in [0.3, 0.4) is 0 Å². The van der Waals surface area contributed by atoms with Crippen LogP contribution in [-0.4, -0.2) is 35.8 Å². The van der Waals surface area contributed by atoms with Gasteiger partial charge in [-0.25, -0.2) is 4.98 Å². The molecule has 0 radical (unpaired) electrons. The Morgan fingerprint density at radius 2 is 2.33 bits per heavy atom. The van der Waals surface area contributed by atoms with Crippen LogP contribution in [0.5, 0.6) is 0 Å². The van der Waals surface area contributed by atoms with E-state index in [1.807, 2.05) is 13.0 Å². The van der Waals surface area contributed by atoms with Crippen molar-refractivity contribution in [2.75, 3.05) is 30.3 Å². The van der Waals surface area contributed by atoms with Crippen molar-refractivity contribution in [3.05, 3.63) is 11.8 Å². The lowest BCUT2D eigenvalue weighted by atomic mass is 10.3. The minimum absolute atomic E-state index is 0.246. The van der Waals surface area contributed by atoms with Gasteiger partial charge < -0.3 is 15.4 Å². The monoisotopic (exact) mass is 208 g/mol. The smallest absolute Gasteiger partial charge is 0.222 e. The van der Waals surface area contributed by atoms with E-state index in [-0.39, 0.29) is 6.10 Å². The molecule has 2 heterocycles. The molecule has 1 saturated heterocycles. The van der Waals surface area contributed by atoms with Crippen LogP contribution in [0.4, 0.5) is 11.8 Å². The van der Waals surface area contributed by atoms with Crippen molar-refractivity contribution in [1.82, 2.24) is 9.97 Å². The minimum atomic E-state index is 0.246. The third kappa shape index (κ3) is 2.36. The summed E-state index contributed by atoms with van der Waals surface area (Å²) < 4.78 is 5.47. The molecule has 2 N–H and O–H groups in total. The SMILES string of the molecule is Cc1cc(N2CCOC(C)C2)nc(N)n1. The number of nitrogen functional groups attached to an aromatic ring is 1. The van der Waals surface area contributed by atoms with Crippen LogP contribution in [-0.2, 0) is 4.74 Å². The van der Waals surface area contributed by atoms with E-state index >= 15 is 0 Å². The number of hydrogen-bond acceptors (Lipinski definition) is 5. The molecule has 0 bridgehead atoms. The topological polar surface area (TPSA) is 64.3 Å². The van der Waals surface area contributed by atoms with Gasteiger partial charge in [0.05, 0.1) is 12.7 Å². The Morgan fingerprint density at radius 3 is 3.00 bits per heavy atom. The number of aromatic nitrogens is 2. The molecule has 0 aliphatic carbocycles. The first kappa shape index (κ1) is 10.2. The highest BCUT2D eigenvalue weighted by Crippen LogP contribution is 2.16. The van der Waals surface area contributed by atoms with E-state index in [1.165, 1.54) is 0 Å². The first-order valence-corrected chi connectivity index (χ1v) is 5.13. The average molecular weight is 208 g/mol. The Bertz CT molecular complexity index is 335. The second-order valence-corrected chi connectivity index (χ2v) is 3.85. The van der Waals surface area contributed by atoms with Crippen molar-refractivity contribution in [2.45, 2.75) is 20.0 Å². The van der Waals surface area contributed by atoms with Crippen molar-refractivity contribution in [3.8, 4) is 0 Å². The van der Waals surface area contributed by atoms with Gasteiger partial charge in [-0.15, -0.1) is 0 Å². The van der Waals surface area contributed by atoms with E-state index in [9.17, 15) is 0 Å². The van der Waals surface area contributed by atoms with Crippen LogP contribution in [0.25, 0.3) is 0 Å². The molecule has 82 valence electrons. The third-order valence-electron chi connectivity index (χ3n) is 2.42. The Kier molecular flexibility index (Phi) is 2.73. The maximum atomic E-state index is 5.62. The Morgan fingerprint density at radius 1 is 1.53 bits per heavy atom. The Hall–Kier alpha value is -1.36. The second kappa shape index (κ2) is 4.02. The van der Waals surface area contributed by atoms with Crippen LogP contribution in [0, 0.1) is 6.92 Å². The van der Waals surface area contributed by atoms with Gasteiger partial charge in [-0.3, -0.25) is 0 Å². The number of anilines is 2. The summed E-state index contributed by atoms with van der Waals surface area (Å²) in [7, 11) is 0. The first-order valence-electron chi connectivity index (χ1n) is 5.13. The molecule has 15 heavy (non-hydrogen) atoms. The number of nitrogens with two attached hydrogens (primary N) is 1. The number of ether oxygens (including phenoxy) is 1. The molecule has 1 aliphatic rings. The molecular formula is C10H16N4O. The fourth-order valence-electron chi connectivity index (χ4n) is 1.76. The summed E-state index contributed by atoms with van der Waals surface area (Å²) in [5.74, 6) is 1.24. The van der Waals surface area contributed by atoms with Gasteiger partial charge in [-0.2, -0.15) is 4.98 Å². The van der Waals surface area contributed by atoms with E-state index in [2.05, 4.69) is 21.8 Å². The molecule has 0 aromatic carbocycles. The largest absolute Gasteiger partial charge is 0.375 e. The molecule has 5 nitrogen and oxygen atoms in total. The van der Waals surface area contributed by atoms with E-state index in [0.717, 1.165) is 31.2 Å². The minimum Gasteiger partial charge on any atom is -0.375 e. The molecular weight excluding hydrogens is 192 g/mol. The van der Waals surface area contributed by atoms with Gasteiger partial charge in [-0.1, -0.05) is 0 Å². The maximum Gasteiger partial charge on any atom is 0.222 e. The number of morpholine rings is 1. The van der Waals surface area contributed by atoms with E-state index < -0.39 is 0 Å². The number of rotatable bonds is 1. The molecule has 1 aromatic rings. The maximum absolute atomic E-state index is 5.62. The standard InChI is InChI=1S/C10H16N4O/c1-7-5-9(13-10(11)12-7)14-3-4-15-8(2)6-14/h5,8H,3-4,6H2,1-2H3,(H2,11,12,13). The summed E-state index contributed by atoms with van der Waals surface area (Å²) >= 11 is 0. The van der Waals surface area contributed by atoms with Gasteiger partial charge in [0.25, 0.3) is 0 Å². The number of hydrogen-bond donors (Lipinski definition) is 1. The summed E-state index contributed by atoms with van der Waals surface area (Å²) in [6, 6.07) is 1.95. The van der Waals surface area contributed by atoms with E-state index in [1.54, 1.807) is 0 Å². The highest BCUT2D eigenvalue weighted by molar-refractivity contribution is 5.43. The van der Waals surface area contributed by atoms with Crippen molar-refractivity contribution in [1.29, 1.82) is 0 Å². The fraction of sp³-hybridized carbons (Fsp3) is 0.600. The fourth-order valence-corrected chi connectivity index (χ4v) is 1.76. The van der Waals surface area contributed by atoms with Gasteiger partial charge in [0.2, 0.25) is 5.95 Å². The lowest BCUT2D eigenvalue weighted by molar-refractivity contribution is 0.0529. The first-order chi connectivity index (χ1) is 7.15. The van der Waals surface area contributed by atoms with Gasteiger partial charge in [0.1, 0.15) is 5.82 Å². The molecule has 0 saturated carbocycles. The quantitative estimate of drug-likeness (QED) is 0.732. The molecule has 0 amide bonds. The molecule has 0 spiro atoms. The lowest BCUT2D eigenvalue weighted by Gasteiger charge is -2.32. The molecule has 1 aliphatic heterocycles. The normalized spacial score (nSPS) is 21.7. The summed E-state index contributed by atoms with van der Waals surface area (Å²) in [6.45, 7) is 6.44. The summed E-state index contributed by atoms with van der Waals surface area (Å²) in [5.41, 5.74) is 6.52. The van der Waals surface area contributed by atoms with Crippen molar-refractivity contribution in [3.63, 3.8) is 0 Å². The van der Waals surface area contributed by atoms with Crippen molar-refractivity contribution in [2.24, 2.45) is 0 Å². The van der Waals surface area contributed by atoms with E-state index in [4.69, 9.17) is 10.5 Å². The van der Waals surface area contributed by atoms with Crippen LogP contribution in [0.2, 0.25) is 0 Å². The molecule has 1 aromatic heterocycles. The molecule has 5 heteroatoms. The van der Waals surface area contributed by atoms with E-state index in [0.29, 0.717) is 5.95 Å². The highest BCUT2D eigenvalue weighted by atomic mass is 16.5. The van der Waals surface area contributed by atoms with Gasteiger partial charge in [-0.05, 0) is 13.8 Å². The third-order valence-corrected chi connectivity index (χ3v) is 2.42. The zero-order chi connectivity index (χ0) is 10.8. The molecule has 1 unspecified atom stereocenters. The predicted molar refractivity (Wildman–Crippen MR) is 58.8 cm³/mol. The number of aryl methyl sites for hydroxylation is 1. The average Bonchev–Trinajstić information content (AvgIpc) is 2.16. The summed E-state index contributed by atoms with van der Waals surface area (Å²) in [4.78, 5) is 10.5. The van der Waals surface area contributed by atoms with Crippen LogP contribution in [0.1, 0.15) is 12.6 Å².